The summed E-state index contributed by atoms with van der Waals surface area (Å²) >= 11 is 0. The predicted molar refractivity (Wildman–Crippen MR) is 84.9 cm³/mol. The van der Waals surface area contributed by atoms with Crippen LogP contribution < -0.4 is 10.6 Å². The van der Waals surface area contributed by atoms with E-state index in [0.29, 0.717) is 12.5 Å². The van der Waals surface area contributed by atoms with Gasteiger partial charge in [0, 0.05) is 18.5 Å². The van der Waals surface area contributed by atoms with Crippen molar-refractivity contribution in [3.63, 3.8) is 0 Å². The maximum absolute atomic E-state index is 12.0. The Kier molecular flexibility index (Phi) is 7.72. The van der Waals surface area contributed by atoms with Crippen molar-refractivity contribution in [2.75, 3.05) is 26.2 Å². The fraction of sp³-hybridized carbons (Fsp3) is 0.875. The molecule has 1 atom stereocenters. The van der Waals surface area contributed by atoms with Gasteiger partial charge in [-0.15, -0.1) is 0 Å². The van der Waals surface area contributed by atoms with Crippen LogP contribution in [0.25, 0.3) is 0 Å². The summed E-state index contributed by atoms with van der Waals surface area (Å²) in [4.78, 5) is 26.0. The minimum atomic E-state index is 0.0880. The van der Waals surface area contributed by atoms with E-state index in [2.05, 4.69) is 36.3 Å². The highest BCUT2D eigenvalue weighted by atomic mass is 16.2. The highest BCUT2D eigenvalue weighted by molar-refractivity contribution is 5.79. The average molecular weight is 297 g/mol. The maximum Gasteiger partial charge on any atom is 0.234 e. The molecule has 0 aliphatic carbocycles. The van der Waals surface area contributed by atoms with Crippen LogP contribution in [-0.2, 0) is 9.59 Å². The molecule has 21 heavy (non-hydrogen) atoms. The first-order valence-corrected chi connectivity index (χ1v) is 8.23. The first-order valence-electron chi connectivity index (χ1n) is 8.23. The Morgan fingerprint density at radius 2 is 1.81 bits per heavy atom. The molecule has 1 heterocycles. The molecule has 1 unspecified atom stereocenters. The lowest BCUT2D eigenvalue weighted by Crippen LogP contribution is -2.46. The maximum atomic E-state index is 12.0. The Hall–Kier alpha value is -1.10. The largest absolute Gasteiger partial charge is 0.356 e. The zero-order chi connectivity index (χ0) is 15.8. The molecule has 1 aliphatic heterocycles. The number of amides is 2. The lowest BCUT2D eigenvalue weighted by Gasteiger charge is -2.31. The van der Waals surface area contributed by atoms with Gasteiger partial charge in [-0.1, -0.05) is 20.8 Å². The number of carbonyl (C=O) groups excluding carboxylic acids is 2. The minimum absolute atomic E-state index is 0.0880. The third-order valence-electron chi connectivity index (χ3n) is 4.26. The van der Waals surface area contributed by atoms with Gasteiger partial charge in [-0.2, -0.15) is 0 Å². The summed E-state index contributed by atoms with van der Waals surface area (Å²) in [7, 11) is 0. The molecule has 0 spiro atoms. The van der Waals surface area contributed by atoms with Crippen molar-refractivity contribution in [2.24, 2.45) is 11.8 Å². The molecule has 0 aromatic carbocycles. The van der Waals surface area contributed by atoms with Crippen LogP contribution in [0, 0.1) is 11.8 Å². The van der Waals surface area contributed by atoms with Crippen molar-refractivity contribution in [1.29, 1.82) is 0 Å². The van der Waals surface area contributed by atoms with E-state index in [1.165, 1.54) is 0 Å². The van der Waals surface area contributed by atoms with Gasteiger partial charge in [-0.25, -0.2) is 0 Å². The van der Waals surface area contributed by atoms with E-state index in [4.69, 9.17) is 0 Å². The molecule has 1 fully saturated rings. The quantitative estimate of drug-likeness (QED) is 0.746. The van der Waals surface area contributed by atoms with Crippen LogP contribution in [0.3, 0.4) is 0 Å². The van der Waals surface area contributed by atoms with Crippen molar-refractivity contribution >= 4 is 11.8 Å². The summed E-state index contributed by atoms with van der Waals surface area (Å²) in [6.45, 7) is 11.2. The molecule has 0 aromatic heterocycles. The smallest absolute Gasteiger partial charge is 0.234 e. The van der Waals surface area contributed by atoms with Gasteiger partial charge in [0.2, 0.25) is 11.8 Å². The minimum Gasteiger partial charge on any atom is -0.356 e. The standard InChI is InChI=1S/C16H31N3O2/c1-5-8-17-16(21)14-6-9-19(10-7-14)11-15(20)18-13(4)12(2)3/h12-14H,5-11H2,1-4H3,(H,17,21)(H,18,20). The molecule has 1 saturated heterocycles. The number of piperidine rings is 1. The summed E-state index contributed by atoms with van der Waals surface area (Å²) in [5.41, 5.74) is 0. The highest BCUT2D eigenvalue weighted by Crippen LogP contribution is 2.17. The fourth-order valence-electron chi connectivity index (χ4n) is 2.42. The normalized spacial score (nSPS) is 18.5. The monoisotopic (exact) mass is 297 g/mol. The van der Waals surface area contributed by atoms with E-state index in [-0.39, 0.29) is 23.8 Å². The van der Waals surface area contributed by atoms with Crippen LogP contribution in [-0.4, -0.2) is 48.9 Å². The third kappa shape index (κ3) is 6.46. The van der Waals surface area contributed by atoms with Gasteiger partial charge in [-0.3, -0.25) is 14.5 Å². The number of hydrogen-bond acceptors (Lipinski definition) is 3. The van der Waals surface area contributed by atoms with E-state index < -0.39 is 0 Å². The summed E-state index contributed by atoms with van der Waals surface area (Å²) in [6, 6.07) is 0.204. The van der Waals surface area contributed by atoms with Crippen molar-refractivity contribution in [2.45, 2.75) is 53.0 Å². The van der Waals surface area contributed by atoms with Gasteiger partial charge < -0.3 is 10.6 Å². The van der Waals surface area contributed by atoms with Gasteiger partial charge in [0.05, 0.1) is 6.54 Å². The number of hydrogen-bond donors (Lipinski definition) is 2. The zero-order valence-electron chi connectivity index (χ0n) is 13.9. The van der Waals surface area contributed by atoms with Crippen LogP contribution in [0.1, 0.15) is 47.0 Å². The Morgan fingerprint density at radius 1 is 1.19 bits per heavy atom. The van der Waals surface area contributed by atoms with Gasteiger partial charge >= 0.3 is 0 Å². The molecule has 2 N–H and O–H groups in total. The molecule has 2 amide bonds. The number of rotatable bonds is 7. The van der Waals surface area contributed by atoms with Crippen molar-refractivity contribution < 1.29 is 9.59 Å². The molecular formula is C16H31N3O2. The zero-order valence-corrected chi connectivity index (χ0v) is 13.9. The Morgan fingerprint density at radius 3 is 2.33 bits per heavy atom. The third-order valence-corrected chi connectivity index (χ3v) is 4.26. The summed E-state index contributed by atoms with van der Waals surface area (Å²) in [5.74, 6) is 0.826. The van der Waals surface area contributed by atoms with Crippen molar-refractivity contribution in [3.05, 3.63) is 0 Å². The van der Waals surface area contributed by atoms with E-state index in [1.807, 2.05) is 6.92 Å². The second-order valence-corrected chi connectivity index (χ2v) is 6.44. The van der Waals surface area contributed by atoms with Crippen molar-refractivity contribution in [1.82, 2.24) is 15.5 Å². The molecule has 5 heteroatoms. The Labute approximate surface area is 128 Å². The second-order valence-electron chi connectivity index (χ2n) is 6.44. The SMILES string of the molecule is CCCNC(=O)C1CCN(CC(=O)NC(C)C(C)C)CC1. The fourth-order valence-corrected chi connectivity index (χ4v) is 2.42. The molecule has 122 valence electrons. The molecule has 0 aromatic rings. The first kappa shape index (κ1) is 18.0. The Bertz CT molecular complexity index is 336. The molecular weight excluding hydrogens is 266 g/mol. The summed E-state index contributed by atoms with van der Waals surface area (Å²) < 4.78 is 0. The first-order chi connectivity index (χ1) is 9.93. The number of likely N-dealkylation sites (tertiary alicyclic amines) is 1. The van der Waals surface area contributed by atoms with E-state index in [9.17, 15) is 9.59 Å². The topological polar surface area (TPSA) is 61.4 Å². The van der Waals surface area contributed by atoms with Crippen LogP contribution in [0.5, 0.6) is 0 Å². The van der Waals surface area contributed by atoms with Crippen LogP contribution in [0.4, 0.5) is 0 Å². The van der Waals surface area contributed by atoms with Crippen LogP contribution in [0.2, 0.25) is 0 Å². The number of carbonyl (C=O) groups is 2. The average Bonchev–Trinajstić information content (AvgIpc) is 2.45. The van der Waals surface area contributed by atoms with E-state index in [1.54, 1.807) is 0 Å². The molecule has 0 saturated carbocycles. The van der Waals surface area contributed by atoms with E-state index in [0.717, 1.165) is 38.9 Å². The molecule has 1 rings (SSSR count). The van der Waals surface area contributed by atoms with Crippen molar-refractivity contribution in [3.8, 4) is 0 Å². The number of nitrogens with zero attached hydrogens (tertiary/aromatic N) is 1. The van der Waals surface area contributed by atoms with Gasteiger partial charge in [0.1, 0.15) is 0 Å². The lowest BCUT2D eigenvalue weighted by atomic mass is 9.96. The van der Waals surface area contributed by atoms with Crippen LogP contribution >= 0.6 is 0 Å². The number of nitrogens with one attached hydrogen (secondary N) is 2. The van der Waals surface area contributed by atoms with Gasteiger partial charge in [0.25, 0.3) is 0 Å². The summed E-state index contributed by atoms with van der Waals surface area (Å²) in [6.07, 6.45) is 2.67. The highest BCUT2D eigenvalue weighted by Gasteiger charge is 2.25. The molecule has 0 radical (unpaired) electrons. The van der Waals surface area contributed by atoms with Crippen LogP contribution in [0.15, 0.2) is 0 Å². The molecule has 1 aliphatic rings. The second kappa shape index (κ2) is 9.03. The lowest BCUT2D eigenvalue weighted by molar-refractivity contribution is -0.127. The van der Waals surface area contributed by atoms with Gasteiger partial charge in [0.15, 0.2) is 0 Å². The Balaban J connectivity index is 2.27. The molecule has 0 bridgehead atoms. The van der Waals surface area contributed by atoms with Gasteiger partial charge in [-0.05, 0) is 45.2 Å². The predicted octanol–water partition coefficient (Wildman–Crippen LogP) is 1.39. The van der Waals surface area contributed by atoms with E-state index >= 15 is 0 Å². The molecule has 5 nitrogen and oxygen atoms in total. The summed E-state index contributed by atoms with van der Waals surface area (Å²) in [5, 5.41) is 5.99.